The molecule has 18 heavy (non-hydrogen) atoms. The van der Waals surface area contributed by atoms with Gasteiger partial charge in [-0.15, -0.1) is 0 Å². The van der Waals surface area contributed by atoms with Crippen LogP contribution < -0.4 is 0 Å². The molecule has 4 nitrogen and oxygen atoms in total. The van der Waals surface area contributed by atoms with E-state index >= 15 is 0 Å². The van der Waals surface area contributed by atoms with Crippen molar-refractivity contribution in [2.45, 2.75) is 13.8 Å². The third kappa shape index (κ3) is 2.54. The molecule has 0 aliphatic heterocycles. The lowest BCUT2D eigenvalue weighted by molar-refractivity contribution is 0.0520. The zero-order chi connectivity index (χ0) is 13.1. The molecule has 0 atom stereocenters. The maximum Gasteiger partial charge on any atom is 0.358 e. The topological polar surface area (TPSA) is 44.1 Å². The van der Waals surface area contributed by atoms with Crippen LogP contribution in [0.2, 0.25) is 5.02 Å². The number of aromatic nitrogens is 2. The third-order valence-electron chi connectivity index (χ3n) is 2.45. The van der Waals surface area contributed by atoms with Crippen LogP contribution >= 0.6 is 11.6 Å². The second-order valence-electron chi connectivity index (χ2n) is 3.84. The Balaban J connectivity index is 2.32. The summed E-state index contributed by atoms with van der Waals surface area (Å²) in [5, 5.41) is 0.614. The number of benzene rings is 1. The molecule has 1 aromatic heterocycles. The van der Waals surface area contributed by atoms with Gasteiger partial charge in [0, 0.05) is 6.20 Å². The highest BCUT2D eigenvalue weighted by atomic mass is 35.5. The molecular weight excluding hydrogens is 252 g/mol. The van der Waals surface area contributed by atoms with E-state index in [1.165, 1.54) is 0 Å². The maximum absolute atomic E-state index is 11.5. The minimum absolute atomic E-state index is 0.272. The van der Waals surface area contributed by atoms with Crippen LogP contribution in [0.25, 0.3) is 5.69 Å². The summed E-state index contributed by atoms with van der Waals surface area (Å²) >= 11 is 6.15. The highest BCUT2D eigenvalue weighted by Crippen LogP contribution is 2.21. The number of esters is 1. The normalized spacial score (nSPS) is 10.4. The zero-order valence-corrected chi connectivity index (χ0v) is 10.9. The van der Waals surface area contributed by atoms with E-state index in [4.69, 9.17) is 16.3 Å². The molecular formula is C13H13ClN2O2. The molecule has 0 fully saturated rings. The van der Waals surface area contributed by atoms with Gasteiger partial charge in [-0.05, 0) is 31.5 Å². The molecule has 1 heterocycles. The SMILES string of the molecule is CCOC(=O)c1cn(-c2ccc(C)cc2Cl)cn1. The van der Waals surface area contributed by atoms with E-state index in [0.29, 0.717) is 11.6 Å². The van der Waals surface area contributed by atoms with Crippen molar-refractivity contribution >= 4 is 17.6 Å². The first-order valence-corrected chi connectivity index (χ1v) is 5.97. The van der Waals surface area contributed by atoms with Crippen molar-refractivity contribution in [1.82, 2.24) is 9.55 Å². The molecule has 2 aromatic rings. The van der Waals surface area contributed by atoms with E-state index in [9.17, 15) is 4.79 Å². The summed E-state index contributed by atoms with van der Waals surface area (Å²) < 4.78 is 6.58. The van der Waals surface area contributed by atoms with Gasteiger partial charge in [0.2, 0.25) is 0 Å². The predicted octanol–water partition coefficient (Wildman–Crippen LogP) is 3.01. The molecule has 0 spiro atoms. The Hall–Kier alpha value is -1.81. The van der Waals surface area contributed by atoms with E-state index in [0.717, 1.165) is 11.3 Å². The fourth-order valence-corrected chi connectivity index (χ4v) is 1.92. The highest BCUT2D eigenvalue weighted by molar-refractivity contribution is 6.32. The summed E-state index contributed by atoms with van der Waals surface area (Å²) in [5.41, 5.74) is 2.13. The van der Waals surface area contributed by atoms with E-state index in [-0.39, 0.29) is 5.69 Å². The number of carbonyl (C=O) groups is 1. The summed E-state index contributed by atoms with van der Waals surface area (Å²) in [5.74, 6) is -0.431. The first-order valence-electron chi connectivity index (χ1n) is 5.59. The first kappa shape index (κ1) is 12.6. The molecule has 0 bridgehead atoms. The number of aryl methyl sites for hydroxylation is 1. The number of hydrogen-bond acceptors (Lipinski definition) is 3. The van der Waals surface area contributed by atoms with Gasteiger partial charge in [0.05, 0.1) is 17.3 Å². The van der Waals surface area contributed by atoms with Crippen molar-refractivity contribution in [2.75, 3.05) is 6.61 Å². The van der Waals surface area contributed by atoms with Gasteiger partial charge in [0.15, 0.2) is 5.69 Å². The largest absolute Gasteiger partial charge is 0.461 e. The zero-order valence-electron chi connectivity index (χ0n) is 10.2. The molecule has 0 amide bonds. The van der Waals surface area contributed by atoms with Crippen LogP contribution in [0, 0.1) is 6.92 Å². The highest BCUT2D eigenvalue weighted by Gasteiger charge is 2.11. The lowest BCUT2D eigenvalue weighted by Crippen LogP contribution is -2.04. The second kappa shape index (κ2) is 5.23. The Morgan fingerprint density at radius 3 is 2.94 bits per heavy atom. The molecule has 0 saturated heterocycles. The molecule has 0 unspecified atom stereocenters. The van der Waals surface area contributed by atoms with Crippen LogP contribution in [-0.2, 0) is 4.74 Å². The summed E-state index contributed by atoms with van der Waals surface area (Å²) in [4.78, 5) is 15.5. The second-order valence-corrected chi connectivity index (χ2v) is 4.25. The van der Waals surface area contributed by atoms with Gasteiger partial charge in [-0.3, -0.25) is 0 Å². The Morgan fingerprint density at radius 2 is 2.28 bits per heavy atom. The Labute approximate surface area is 110 Å². The monoisotopic (exact) mass is 264 g/mol. The molecule has 5 heteroatoms. The van der Waals surface area contributed by atoms with Gasteiger partial charge in [-0.25, -0.2) is 9.78 Å². The number of ether oxygens (including phenoxy) is 1. The van der Waals surface area contributed by atoms with E-state index in [1.807, 2.05) is 25.1 Å². The molecule has 0 N–H and O–H groups in total. The predicted molar refractivity (Wildman–Crippen MR) is 69.3 cm³/mol. The van der Waals surface area contributed by atoms with Crippen molar-refractivity contribution in [1.29, 1.82) is 0 Å². The maximum atomic E-state index is 11.5. The lowest BCUT2D eigenvalue weighted by Gasteiger charge is -2.05. The standard InChI is InChI=1S/C13H13ClN2O2/c1-3-18-13(17)11-7-16(8-15-11)12-5-4-9(2)6-10(12)14/h4-8H,3H2,1-2H3. The van der Waals surface area contributed by atoms with E-state index < -0.39 is 5.97 Å². The minimum atomic E-state index is -0.431. The van der Waals surface area contributed by atoms with E-state index in [2.05, 4.69) is 4.98 Å². The van der Waals surface area contributed by atoms with Crippen molar-refractivity contribution < 1.29 is 9.53 Å². The number of halogens is 1. The molecule has 94 valence electrons. The van der Waals surface area contributed by atoms with Crippen molar-refractivity contribution in [3.8, 4) is 5.69 Å². The smallest absolute Gasteiger partial charge is 0.358 e. The van der Waals surface area contributed by atoms with Crippen molar-refractivity contribution in [3.05, 3.63) is 47.0 Å². The average molecular weight is 265 g/mol. The van der Waals surface area contributed by atoms with Gasteiger partial charge in [0.1, 0.15) is 6.33 Å². The Morgan fingerprint density at radius 1 is 1.50 bits per heavy atom. The molecule has 1 aromatic carbocycles. The number of nitrogens with zero attached hydrogens (tertiary/aromatic N) is 2. The van der Waals surface area contributed by atoms with Gasteiger partial charge < -0.3 is 9.30 Å². The fraction of sp³-hybridized carbons (Fsp3) is 0.231. The summed E-state index contributed by atoms with van der Waals surface area (Å²) in [7, 11) is 0. The summed E-state index contributed by atoms with van der Waals surface area (Å²) in [6, 6.07) is 5.69. The molecule has 0 aliphatic carbocycles. The number of imidazole rings is 1. The summed E-state index contributed by atoms with van der Waals surface area (Å²) in [6.07, 6.45) is 3.15. The van der Waals surface area contributed by atoms with Crippen LogP contribution in [0.1, 0.15) is 23.0 Å². The summed E-state index contributed by atoms with van der Waals surface area (Å²) in [6.45, 7) is 4.05. The minimum Gasteiger partial charge on any atom is -0.461 e. The van der Waals surface area contributed by atoms with Crippen molar-refractivity contribution in [2.24, 2.45) is 0 Å². The Bertz CT molecular complexity index is 578. The molecule has 2 rings (SSSR count). The van der Waals surface area contributed by atoms with Gasteiger partial charge in [-0.2, -0.15) is 0 Å². The first-order chi connectivity index (χ1) is 8.61. The lowest BCUT2D eigenvalue weighted by atomic mass is 10.2. The van der Waals surface area contributed by atoms with Gasteiger partial charge in [0.25, 0.3) is 0 Å². The third-order valence-corrected chi connectivity index (χ3v) is 2.75. The molecule has 0 saturated carbocycles. The number of carbonyl (C=O) groups excluding carboxylic acids is 1. The average Bonchev–Trinajstić information content (AvgIpc) is 2.78. The molecule has 0 aliphatic rings. The van der Waals surface area contributed by atoms with Crippen LogP contribution in [0.15, 0.2) is 30.7 Å². The quantitative estimate of drug-likeness (QED) is 0.801. The fourth-order valence-electron chi connectivity index (χ4n) is 1.59. The Kier molecular flexibility index (Phi) is 3.67. The van der Waals surface area contributed by atoms with Gasteiger partial charge >= 0.3 is 5.97 Å². The number of hydrogen-bond donors (Lipinski definition) is 0. The number of rotatable bonds is 3. The van der Waals surface area contributed by atoms with Gasteiger partial charge in [-0.1, -0.05) is 17.7 Å². The van der Waals surface area contributed by atoms with Crippen LogP contribution in [0.3, 0.4) is 0 Å². The van der Waals surface area contributed by atoms with Crippen LogP contribution in [0.5, 0.6) is 0 Å². The molecule has 0 radical (unpaired) electrons. The van der Waals surface area contributed by atoms with Crippen molar-refractivity contribution in [3.63, 3.8) is 0 Å². The van der Waals surface area contributed by atoms with E-state index in [1.54, 1.807) is 24.0 Å². The van der Waals surface area contributed by atoms with Crippen LogP contribution in [0.4, 0.5) is 0 Å². The van der Waals surface area contributed by atoms with Crippen LogP contribution in [-0.4, -0.2) is 22.1 Å².